The molecule has 2 aliphatic heterocycles. The highest BCUT2D eigenvalue weighted by atomic mass is 16.5. The standard InChI is InChI=1S/C28H38N4O7/c1-17(2)12-23-22(26(34)35)4-3-11-39-21-9-6-18(7-10-21)14-28(27(36)37,31-25(23)33)30-16-20-8-5-19(15-29)13-24(20)32-38/h5-10,13,17,22-23,30,32,38H,3-4,11-12,14-16,29H2,1-2H3,(H,31,33)(H,34,35)(H,36,37). The molecule has 39 heavy (non-hydrogen) atoms. The summed E-state index contributed by atoms with van der Waals surface area (Å²) in [5, 5.41) is 35.8. The number of aliphatic carboxylic acids is 2. The first-order chi connectivity index (χ1) is 18.6. The minimum atomic E-state index is -1.98. The van der Waals surface area contributed by atoms with Crippen LogP contribution in [0.25, 0.3) is 0 Å². The second-order valence-electron chi connectivity index (χ2n) is 10.4. The van der Waals surface area contributed by atoms with Gasteiger partial charge in [-0.05, 0) is 60.1 Å². The van der Waals surface area contributed by atoms with E-state index in [1.807, 2.05) is 13.8 Å². The number of anilines is 1. The first-order valence-electron chi connectivity index (χ1n) is 13.1. The van der Waals surface area contributed by atoms with Crippen LogP contribution in [0.15, 0.2) is 42.5 Å². The number of amides is 1. The molecule has 0 radical (unpaired) electrons. The summed E-state index contributed by atoms with van der Waals surface area (Å²) in [5.41, 5.74) is 8.06. The van der Waals surface area contributed by atoms with Crippen LogP contribution in [0.2, 0.25) is 0 Å². The van der Waals surface area contributed by atoms with Gasteiger partial charge in [-0.15, -0.1) is 0 Å². The van der Waals surface area contributed by atoms with Gasteiger partial charge in [-0.25, -0.2) is 4.79 Å². The van der Waals surface area contributed by atoms with Gasteiger partial charge in [-0.1, -0.05) is 38.1 Å². The van der Waals surface area contributed by atoms with Gasteiger partial charge in [-0.2, -0.15) is 0 Å². The quantitative estimate of drug-likeness (QED) is 0.233. The maximum Gasteiger partial charge on any atom is 0.345 e. The molecule has 0 fully saturated rings. The number of carboxylic acids is 2. The molecule has 3 unspecified atom stereocenters. The van der Waals surface area contributed by atoms with Crippen LogP contribution >= 0.6 is 0 Å². The maximum atomic E-state index is 13.8. The van der Waals surface area contributed by atoms with Gasteiger partial charge in [-0.3, -0.25) is 25.6 Å². The number of nitrogens with two attached hydrogens (primary N) is 1. The van der Waals surface area contributed by atoms with E-state index in [0.29, 0.717) is 35.6 Å². The zero-order chi connectivity index (χ0) is 28.6. The Morgan fingerprint density at radius 1 is 1.18 bits per heavy atom. The lowest BCUT2D eigenvalue weighted by molar-refractivity contribution is -0.153. The van der Waals surface area contributed by atoms with Gasteiger partial charge < -0.3 is 26.0 Å². The Bertz CT molecular complexity index is 1160. The minimum absolute atomic E-state index is 0.00372. The number of rotatable bonds is 9. The second-order valence-corrected chi connectivity index (χ2v) is 10.4. The van der Waals surface area contributed by atoms with Crippen molar-refractivity contribution < 1.29 is 34.5 Å². The number of fused-ring (bicyclic) bond motifs is 11. The summed E-state index contributed by atoms with van der Waals surface area (Å²) >= 11 is 0. The van der Waals surface area contributed by atoms with E-state index >= 15 is 0 Å². The van der Waals surface area contributed by atoms with Gasteiger partial charge in [0.2, 0.25) is 5.91 Å². The first-order valence-corrected chi connectivity index (χ1v) is 13.1. The van der Waals surface area contributed by atoms with Crippen LogP contribution in [0.3, 0.4) is 0 Å². The van der Waals surface area contributed by atoms with Crippen LogP contribution in [0.4, 0.5) is 5.69 Å². The molecule has 1 amide bonds. The first kappa shape index (κ1) is 29.9. The van der Waals surface area contributed by atoms with Crippen molar-refractivity contribution in [1.82, 2.24) is 10.6 Å². The van der Waals surface area contributed by atoms with Gasteiger partial charge in [0.15, 0.2) is 5.66 Å². The molecule has 2 aromatic carbocycles. The Kier molecular flexibility index (Phi) is 10.3. The maximum absolute atomic E-state index is 13.8. The topological polar surface area (TPSA) is 183 Å². The van der Waals surface area contributed by atoms with Crippen molar-refractivity contribution in [2.75, 3.05) is 12.1 Å². The fraction of sp³-hybridized carbons (Fsp3) is 0.464. The van der Waals surface area contributed by atoms with Crippen molar-refractivity contribution in [3.05, 3.63) is 59.2 Å². The summed E-state index contributed by atoms with van der Waals surface area (Å²) in [4.78, 5) is 38.9. The molecule has 0 aromatic heterocycles. The van der Waals surface area contributed by atoms with Gasteiger partial charge in [0.25, 0.3) is 0 Å². The molecule has 2 aromatic rings. The summed E-state index contributed by atoms with van der Waals surface area (Å²) < 4.78 is 5.76. The monoisotopic (exact) mass is 542 g/mol. The van der Waals surface area contributed by atoms with E-state index in [9.17, 15) is 29.8 Å². The zero-order valence-electron chi connectivity index (χ0n) is 22.3. The summed E-state index contributed by atoms with van der Waals surface area (Å²) in [7, 11) is 0. The third-order valence-corrected chi connectivity index (χ3v) is 7.00. The van der Waals surface area contributed by atoms with Crippen LogP contribution < -0.4 is 26.6 Å². The average Bonchev–Trinajstić information content (AvgIpc) is 2.90. The van der Waals surface area contributed by atoms with Crippen molar-refractivity contribution >= 4 is 23.5 Å². The average molecular weight is 543 g/mol. The molecular formula is C28H38N4O7. The van der Waals surface area contributed by atoms with E-state index in [-0.39, 0.29) is 38.3 Å². The Balaban J connectivity index is 2.05. The van der Waals surface area contributed by atoms with E-state index < -0.39 is 35.3 Å². The number of ether oxygens (including phenoxy) is 1. The van der Waals surface area contributed by atoms with Crippen LogP contribution in [0, 0.1) is 17.8 Å². The van der Waals surface area contributed by atoms with Gasteiger partial charge in [0, 0.05) is 19.5 Å². The van der Waals surface area contributed by atoms with Crippen molar-refractivity contribution in [2.45, 2.75) is 58.3 Å². The van der Waals surface area contributed by atoms with Crippen molar-refractivity contribution in [3.8, 4) is 5.75 Å². The lowest BCUT2D eigenvalue weighted by Crippen LogP contribution is -2.66. The second kappa shape index (κ2) is 13.4. The predicted octanol–water partition coefficient (Wildman–Crippen LogP) is 2.71. The fourth-order valence-corrected chi connectivity index (χ4v) is 4.88. The minimum Gasteiger partial charge on any atom is -0.494 e. The Hall–Kier alpha value is -3.67. The highest BCUT2D eigenvalue weighted by Crippen LogP contribution is 2.28. The number of benzene rings is 2. The number of carbonyl (C=O) groups excluding carboxylic acids is 1. The summed E-state index contributed by atoms with van der Waals surface area (Å²) in [6.07, 6.45) is 0.749. The highest BCUT2D eigenvalue weighted by molar-refractivity contribution is 5.90. The normalized spacial score (nSPS) is 22.0. The van der Waals surface area contributed by atoms with E-state index in [1.54, 1.807) is 42.5 Å². The number of hydrogen-bond acceptors (Lipinski definition) is 8. The Labute approximate surface area is 227 Å². The molecule has 0 saturated heterocycles. The van der Waals surface area contributed by atoms with E-state index in [4.69, 9.17) is 10.5 Å². The summed E-state index contributed by atoms with van der Waals surface area (Å²) in [5.74, 6) is -4.49. The van der Waals surface area contributed by atoms with Crippen LogP contribution in [-0.4, -0.2) is 45.5 Å². The van der Waals surface area contributed by atoms with Crippen LogP contribution in [0.5, 0.6) is 5.75 Å². The van der Waals surface area contributed by atoms with Crippen molar-refractivity contribution in [2.24, 2.45) is 23.5 Å². The van der Waals surface area contributed by atoms with Gasteiger partial charge in [0.1, 0.15) is 5.75 Å². The zero-order valence-corrected chi connectivity index (χ0v) is 22.3. The molecule has 11 heteroatoms. The molecule has 4 rings (SSSR count). The van der Waals surface area contributed by atoms with Gasteiger partial charge in [0.05, 0.1) is 24.1 Å². The molecule has 212 valence electrons. The predicted molar refractivity (Wildman–Crippen MR) is 144 cm³/mol. The lowest BCUT2D eigenvalue weighted by atomic mass is 9.81. The molecule has 11 nitrogen and oxygen atoms in total. The molecule has 0 aliphatic carbocycles. The Morgan fingerprint density at radius 3 is 2.49 bits per heavy atom. The lowest BCUT2D eigenvalue weighted by Gasteiger charge is -2.35. The van der Waals surface area contributed by atoms with Gasteiger partial charge >= 0.3 is 11.9 Å². The van der Waals surface area contributed by atoms with E-state index in [1.165, 1.54) is 0 Å². The molecule has 2 heterocycles. The third kappa shape index (κ3) is 7.69. The molecule has 8 N–H and O–H groups in total. The summed E-state index contributed by atoms with van der Waals surface area (Å²) in [6, 6.07) is 12.0. The number of nitrogens with one attached hydrogen (secondary N) is 3. The molecule has 0 spiro atoms. The number of hydrogen-bond donors (Lipinski definition) is 7. The number of carboxylic acid groups (broad SMARTS) is 2. The van der Waals surface area contributed by atoms with E-state index in [0.717, 1.165) is 5.56 Å². The number of carbonyl (C=O) groups is 3. The van der Waals surface area contributed by atoms with E-state index in [2.05, 4.69) is 16.1 Å². The smallest absolute Gasteiger partial charge is 0.345 e. The molecule has 2 bridgehead atoms. The molecule has 3 atom stereocenters. The molecule has 2 aliphatic rings. The highest BCUT2D eigenvalue weighted by Gasteiger charge is 2.44. The van der Waals surface area contributed by atoms with Crippen LogP contribution in [-0.2, 0) is 33.9 Å². The largest absolute Gasteiger partial charge is 0.494 e. The SMILES string of the molecule is CC(C)CC1C(=O)NC(NCc2ccc(CN)cc2NO)(C(=O)O)Cc2ccc(cc2)OCCCC1C(=O)O. The summed E-state index contributed by atoms with van der Waals surface area (Å²) in [6.45, 7) is 4.28. The fourth-order valence-electron chi connectivity index (χ4n) is 4.88. The molecular weight excluding hydrogens is 504 g/mol. The van der Waals surface area contributed by atoms with Crippen molar-refractivity contribution in [3.63, 3.8) is 0 Å². The van der Waals surface area contributed by atoms with Crippen molar-refractivity contribution in [1.29, 1.82) is 0 Å². The molecule has 0 saturated carbocycles. The van der Waals surface area contributed by atoms with Crippen LogP contribution in [0.1, 0.15) is 49.8 Å². The Morgan fingerprint density at radius 2 is 1.90 bits per heavy atom. The third-order valence-electron chi connectivity index (χ3n) is 7.00.